The average molecular weight is 218 g/mol. The van der Waals surface area contributed by atoms with Gasteiger partial charge in [-0.15, -0.1) is 5.10 Å². The standard InChI is InChI=1S/C6H10N4O3S/c1-2-3-14(12,13)6-8-4-10(9-6)5(7)11/h4H,2-3H2,1H3,(H2,7,11). The van der Waals surface area contributed by atoms with E-state index in [0.717, 1.165) is 6.33 Å². The second kappa shape index (κ2) is 3.74. The molecule has 8 heteroatoms. The SMILES string of the molecule is CCCS(=O)(=O)c1ncn(C(N)=O)n1. The highest BCUT2D eigenvalue weighted by Gasteiger charge is 2.19. The van der Waals surface area contributed by atoms with E-state index in [1.807, 2.05) is 0 Å². The molecule has 1 aromatic heterocycles. The second-order valence-electron chi connectivity index (χ2n) is 2.63. The number of rotatable bonds is 3. The molecule has 0 aliphatic heterocycles. The molecule has 1 amide bonds. The van der Waals surface area contributed by atoms with Crippen molar-refractivity contribution in [2.45, 2.75) is 18.5 Å². The van der Waals surface area contributed by atoms with Crippen LogP contribution in [-0.4, -0.2) is 35.0 Å². The van der Waals surface area contributed by atoms with Gasteiger partial charge in [0.25, 0.3) is 5.16 Å². The lowest BCUT2D eigenvalue weighted by atomic mass is 10.6. The van der Waals surface area contributed by atoms with Gasteiger partial charge < -0.3 is 5.73 Å². The van der Waals surface area contributed by atoms with Crippen LogP contribution in [0.25, 0.3) is 0 Å². The predicted octanol–water partition coefficient (Wildman–Crippen LogP) is -0.611. The summed E-state index contributed by atoms with van der Waals surface area (Å²) in [5.74, 6) is -0.0459. The second-order valence-corrected chi connectivity index (χ2v) is 4.63. The highest BCUT2D eigenvalue weighted by Crippen LogP contribution is 2.04. The molecule has 7 nitrogen and oxygen atoms in total. The molecule has 0 aliphatic carbocycles. The summed E-state index contributed by atoms with van der Waals surface area (Å²) in [6.45, 7) is 1.72. The van der Waals surface area contributed by atoms with Crippen LogP contribution in [0.3, 0.4) is 0 Å². The van der Waals surface area contributed by atoms with Crippen molar-refractivity contribution in [2.24, 2.45) is 5.73 Å². The molecule has 78 valence electrons. The van der Waals surface area contributed by atoms with E-state index in [1.54, 1.807) is 6.92 Å². The first-order valence-electron chi connectivity index (χ1n) is 3.91. The van der Waals surface area contributed by atoms with Gasteiger partial charge in [0.15, 0.2) is 0 Å². The van der Waals surface area contributed by atoms with Gasteiger partial charge in [0.2, 0.25) is 9.84 Å². The van der Waals surface area contributed by atoms with Crippen LogP contribution in [0.2, 0.25) is 0 Å². The number of aromatic nitrogens is 3. The Balaban J connectivity index is 3.03. The summed E-state index contributed by atoms with van der Waals surface area (Å²) < 4.78 is 23.4. The summed E-state index contributed by atoms with van der Waals surface area (Å²) in [6, 6.07) is -0.865. The number of carbonyl (C=O) groups excluding carboxylic acids is 1. The van der Waals surface area contributed by atoms with Crippen molar-refractivity contribution in [3.63, 3.8) is 0 Å². The van der Waals surface area contributed by atoms with Gasteiger partial charge in [-0.25, -0.2) is 18.2 Å². The molecule has 1 rings (SSSR count). The highest BCUT2D eigenvalue weighted by atomic mass is 32.2. The molecule has 0 fully saturated rings. The minimum atomic E-state index is -3.47. The van der Waals surface area contributed by atoms with Gasteiger partial charge in [-0.05, 0) is 6.42 Å². The van der Waals surface area contributed by atoms with Crippen LogP contribution in [0, 0.1) is 0 Å². The summed E-state index contributed by atoms with van der Waals surface area (Å²) in [4.78, 5) is 14.1. The van der Waals surface area contributed by atoms with Crippen molar-refractivity contribution < 1.29 is 13.2 Å². The first-order valence-corrected chi connectivity index (χ1v) is 5.57. The largest absolute Gasteiger partial charge is 0.350 e. The van der Waals surface area contributed by atoms with Crippen molar-refractivity contribution in [1.82, 2.24) is 14.8 Å². The number of carbonyl (C=O) groups is 1. The summed E-state index contributed by atoms with van der Waals surface area (Å²) in [5.41, 5.74) is 4.87. The molecular formula is C6H10N4O3S. The molecule has 0 aliphatic rings. The Morgan fingerprint density at radius 3 is 2.71 bits per heavy atom. The molecule has 0 saturated heterocycles. The fourth-order valence-electron chi connectivity index (χ4n) is 0.857. The molecule has 1 heterocycles. The quantitative estimate of drug-likeness (QED) is 0.727. The van der Waals surface area contributed by atoms with Crippen molar-refractivity contribution in [1.29, 1.82) is 0 Å². The fourth-order valence-corrected chi connectivity index (χ4v) is 2.00. The maximum atomic E-state index is 11.4. The molecule has 0 bridgehead atoms. The molecule has 0 atom stereocenters. The van der Waals surface area contributed by atoms with Crippen molar-refractivity contribution >= 4 is 15.9 Å². The Morgan fingerprint density at radius 2 is 2.29 bits per heavy atom. The van der Waals surface area contributed by atoms with Gasteiger partial charge in [0.1, 0.15) is 6.33 Å². The lowest BCUT2D eigenvalue weighted by molar-refractivity contribution is 0.247. The Labute approximate surface area is 80.8 Å². The van der Waals surface area contributed by atoms with Gasteiger partial charge in [-0.1, -0.05) is 6.92 Å². The summed E-state index contributed by atoms with van der Waals surface area (Å²) >= 11 is 0. The number of amides is 1. The van der Waals surface area contributed by atoms with Crippen LogP contribution in [0.1, 0.15) is 13.3 Å². The highest BCUT2D eigenvalue weighted by molar-refractivity contribution is 7.91. The number of sulfone groups is 1. The van der Waals surface area contributed by atoms with E-state index in [1.165, 1.54) is 0 Å². The van der Waals surface area contributed by atoms with Crippen molar-refractivity contribution in [3.05, 3.63) is 6.33 Å². The molecule has 0 unspecified atom stereocenters. The Bertz CT molecular complexity index is 436. The van der Waals surface area contributed by atoms with Crippen LogP contribution in [0.5, 0.6) is 0 Å². The lowest BCUT2D eigenvalue weighted by Crippen LogP contribution is -2.20. The normalized spacial score (nSPS) is 11.5. The van der Waals surface area contributed by atoms with Gasteiger partial charge in [-0.3, -0.25) is 0 Å². The van der Waals surface area contributed by atoms with E-state index in [2.05, 4.69) is 10.1 Å². The lowest BCUT2D eigenvalue weighted by Gasteiger charge is -1.94. The fraction of sp³-hybridized carbons (Fsp3) is 0.500. The number of primary amides is 1. The molecule has 14 heavy (non-hydrogen) atoms. The van der Waals surface area contributed by atoms with Gasteiger partial charge in [-0.2, -0.15) is 4.68 Å². The maximum Gasteiger partial charge on any atom is 0.340 e. The van der Waals surface area contributed by atoms with Crippen molar-refractivity contribution in [2.75, 3.05) is 5.75 Å². The Morgan fingerprint density at radius 1 is 1.64 bits per heavy atom. The summed E-state index contributed by atoms with van der Waals surface area (Å²) in [7, 11) is -3.47. The third-order valence-corrected chi connectivity index (χ3v) is 3.14. The molecule has 0 saturated carbocycles. The zero-order chi connectivity index (χ0) is 10.8. The van der Waals surface area contributed by atoms with Crippen LogP contribution >= 0.6 is 0 Å². The topological polar surface area (TPSA) is 108 Å². The molecule has 0 spiro atoms. The predicted molar refractivity (Wildman–Crippen MR) is 47.3 cm³/mol. The van der Waals surface area contributed by atoms with Gasteiger partial charge in [0, 0.05) is 0 Å². The molecule has 0 aromatic carbocycles. The molecule has 1 aromatic rings. The molecular weight excluding hydrogens is 208 g/mol. The zero-order valence-corrected chi connectivity index (χ0v) is 8.36. The summed E-state index contributed by atoms with van der Waals surface area (Å²) in [6.07, 6.45) is 1.44. The molecule has 2 N–H and O–H groups in total. The van der Waals surface area contributed by atoms with Gasteiger partial charge in [0.05, 0.1) is 5.75 Å². The maximum absolute atomic E-state index is 11.4. The van der Waals surface area contributed by atoms with Gasteiger partial charge >= 0.3 is 6.03 Å². The van der Waals surface area contributed by atoms with E-state index < -0.39 is 15.9 Å². The number of hydrogen-bond acceptors (Lipinski definition) is 5. The number of hydrogen-bond donors (Lipinski definition) is 1. The number of nitrogens with two attached hydrogens (primary N) is 1. The third-order valence-electron chi connectivity index (χ3n) is 1.45. The van der Waals surface area contributed by atoms with E-state index in [4.69, 9.17) is 5.73 Å². The van der Waals surface area contributed by atoms with E-state index >= 15 is 0 Å². The summed E-state index contributed by atoms with van der Waals surface area (Å²) in [5, 5.41) is 3.08. The monoisotopic (exact) mass is 218 g/mol. The minimum absolute atomic E-state index is 0.0459. The number of nitrogens with zero attached hydrogens (tertiary/aromatic N) is 3. The smallest absolute Gasteiger partial charge is 0.340 e. The third kappa shape index (κ3) is 2.08. The first-order chi connectivity index (χ1) is 6.47. The molecule has 0 radical (unpaired) electrons. The van der Waals surface area contributed by atoms with Crippen molar-refractivity contribution in [3.8, 4) is 0 Å². The Kier molecular flexibility index (Phi) is 2.84. The van der Waals surface area contributed by atoms with E-state index in [9.17, 15) is 13.2 Å². The zero-order valence-electron chi connectivity index (χ0n) is 7.54. The van der Waals surface area contributed by atoms with Crippen LogP contribution in [0.4, 0.5) is 4.79 Å². The van der Waals surface area contributed by atoms with E-state index in [0.29, 0.717) is 11.1 Å². The van der Waals surface area contributed by atoms with Crippen LogP contribution in [0.15, 0.2) is 11.5 Å². The van der Waals surface area contributed by atoms with Crippen LogP contribution < -0.4 is 5.73 Å². The average Bonchev–Trinajstić information content (AvgIpc) is 2.51. The Hall–Kier alpha value is -1.44. The first kappa shape index (κ1) is 10.6. The van der Waals surface area contributed by atoms with Crippen LogP contribution in [-0.2, 0) is 9.84 Å². The minimum Gasteiger partial charge on any atom is -0.350 e. The van der Waals surface area contributed by atoms with E-state index in [-0.39, 0.29) is 10.9 Å².